The van der Waals surface area contributed by atoms with Crippen molar-refractivity contribution in [2.24, 2.45) is 0 Å². The predicted octanol–water partition coefficient (Wildman–Crippen LogP) is -1.57. The third-order valence-corrected chi connectivity index (χ3v) is 2.91. The lowest BCUT2D eigenvalue weighted by molar-refractivity contribution is -0.147. The highest BCUT2D eigenvalue weighted by Gasteiger charge is 2.44. The number of nitrogen functional groups attached to an aromatic ring is 1. The van der Waals surface area contributed by atoms with E-state index in [4.69, 9.17) is 15.2 Å². The van der Waals surface area contributed by atoms with Crippen LogP contribution in [-0.2, 0) is 14.3 Å². The molecule has 1 saturated heterocycles. The second-order valence-corrected chi connectivity index (χ2v) is 4.39. The Kier molecular flexibility index (Phi) is 5.67. The van der Waals surface area contributed by atoms with Crippen molar-refractivity contribution in [2.45, 2.75) is 31.5 Å². The molecule has 2 rings (SSSR count). The zero-order chi connectivity index (χ0) is 14.9. The molecule has 1 aliphatic heterocycles. The lowest BCUT2D eigenvalue weighted by Gasteiger charge is -2.16. The predicted molar refractivity (Wildman–Crippen MR) is 72.7 cm³/mol. The van der Waals surface area contributed by atoms with Crippen molar-refractivity contribution >= 4 is 24.2 Å². The van der Waals surface area contributed by atoms with E-state index in [0.29, 0.717) is 0 Å². The van der Waals surface area contributed by atoms with Crippen LogP contribution in [0.2, 0.25) is 0 Å². The molecule has 1 aromatic heterocycles. The van der Waals surface area contributed by atoms with Crippen LogP contribution in [0.5, 0.6) is 0 Å². The summed E-state index contributed by atoms with van der Waals surface area (Å²) in [6, 6.07) is 1.36. The number of hydrogen-bond donors (Lipinski definition) is 3. The average Bonchev–Trinajstić information content (AvgIpc) is 2.64. The highest BCUT2D eigenvalue weighted by atomic mass is 35.5. The molecule has 0 aromatic carbocycles. The van der Waals surface area contributed by atoms with Crippen molar-refractivity contribution in [3.05, 3.63) is 22.7 Å². The van der Waals surface area contributed by atoms with Gasteiger partial charge in [0.25, 0.3) is 0 Å². The summed E-state index contributed by atoms with van der Waals surface area (Å²) in [6.45, 7) is 0.991. The first-order valence-corrected chi connectivity index (χ1v) is 5.89. The standard InChI is InChI=1S/C11H15N3O6.ClH/c1-5(15)19-4-6-8(16)9(17)10(20-6)14-3-2-7(12)13-11(14)18;/h2-3,6,8-10,16-17H,4H2,1H3,(H2,12,13,18);1H/t6-,8-,9+,10-;/m1./s1. The van der Waals surface area contributed by atoms with Crippen molar-refractivity contribution in [3.63, 3.8) is 0 Å². The van der Waals surface area contributed by atoms with Crippen LogP contribution in [0.25, 0.3) is 0 Å². The van der Waals surface area contributed by atoms with Crippen molar-refractivity contribution in [3.8, 4) is 0 Å². The SMILES string of the molecule is CC(=O)OC[C@H]1O[C@@H](n2ccc(N)nc2=O)[C@@H](O)[C@@H]1O.Cl. The molecule has 1 fully saturated rings. The first-order chi connectivity index (χ1) is 9.40. The van der Waals surface area contributed by atoms with Crippen LogP contribution in [-0.4, -0.2) is 50.7 Å². The van der Waals surface area contributed by atoms with E-state index in [2.05, 4.69) is 4.98 Å². The van der Waals surface area contributed by atoms with Gasteiger partial charge in [0.2, 0.25) is 0 Å². The van der Waals surface area contributed by atoms with Crippen LogP contribution in [0.3, 0.4) is 0 Å². The number of aliphatic hydroxyl groups excluding tert-OH is 2. The van der Waals surface area contributed by atoms with Gasteiger partial charge in [-0.25, -0.2) is 4.79 Å². The van der Waals surface area contributed by atoms with Crippen molar-refractivity contribution < 1.29 is 24.5 Å². The molecule has 21 heavy (non-hydrogen) atoms. The average molecular weight is 322 g/mol. The molecule has 0 spiro atoms. The fourth-order valence-corrected chi connectivity index (χ4v) is 1.92. The third-order valence-electron chi connectivity index (χ3n) is 2.91. The van der Waals surface area contributed by atoms with E-state index < -0.39 is 36.2 Å². The van der Waals surface area contributed by atoms with Crippen LogP contribution >= 0.6 is 12.4 Å². The summed E-state index contributed by atoms with van der Waals surface area (Å²) in [5, 5.41) is 19.7. The number of ether oxygens (including phenoxy) is 2. The number of aliphatic hydroxyl groups is 2. The molecule has 9 nitrogen and oxygen atoms in total. The smallest absolute Gasteiger partial charge is 0.351 e. The lowest BCUT2D eigenvalue weighted by Crippen LogP contribution is -2.36. The summed E-state index contributed by atoms with van der Waals surface area (Å²) in [7, 11) is 0. The van der Waals surface area contributed by atoms with E-state index in [1.165, 1.54) is 19.2 Å². The maximum atomic E-state index is 11.7. The molecule has 118 valence electrons. The summed E-state index contributed by atoms with van der Waals surface area (Å²) < 4.78 is 11.1. The number of aromatic nitrogens is 2. The number of nitrogens with zero attached hydrogens (tertiary/aromatic N) is 2. The van der Waals surface area contributed by atoms with Crippen LogP contribution in [0, 0.1) is 0 Å². The second kappa shape index (κ2) is 6.85. The molecule has 0 amide bonds. The number of halogens is 1. The van der Waals surface area contributed by atoms with E-state index in [1.807, 2.05) is 0 Å². The van der Waals surface area contributed by atoms with Gasteiger partial charge in [-0.2, -0.15) is 4.98 Å². The van der Waals surface area contributed by atoms with E-state index >= 15 is 0 Å². The highest BCUT2D eigenvalue weighted by Crippen LogP contribution is 2.28. The van der Waals surface area contributed by atoms with E-state index in [0.717, 1.165) is 4.57 Å². The van der Waals surface area contributed by atoms with Gasteiger partial charge >= 0.3 is 11.7 Å². The zero-order valence-corrected chi connectivity index (χ0v) is 11.9. The lowest BCUT2D eigenvalue weighted by atomic mass is 10.1. The molecule has 10 heteroatoms. The van der Waals surface area contributed by atoms with Gasteiger partial charge in [0.1, 0.15) is 30.7 Å². The maximum Gasteiger partial charge on any atom is 0.351 e. The van der Waals surface area contributed by atoms with Crippen molar-refractivity contribution in [1.82, 2.24) is 9.55 Å². The molecule has 1 aromatic rings. The Morgan fingerprint density at radius 3 is 2.76 bits per heavy atom. The van der Waals surface area contributed by atoms with Crippen molar-refractivity contribution in [1.29, 1.82) is 0 Å². The molecule has 0 bridgehead atoms. The first-order valence-electron chi connectivity index (χ1n) is 5.89. The number of carbonyl (C=O) groups is 1. The number of nitrogens with two attached hydrogens (primary N) is 1. The Balaban J connectivity index is 0.00000220. The number of esters is 1. The quantitative estimate of drug-likeness (QED) is 0.568. The van der Waals surface area contributed by atoms with Crippen LogP contribution in [0.4, 0.5) is 5.82 Å². The topological polar surface area (TPSA) is 137 Å². The summed E-state index contributed by atoms with van der Waals surface area (Å²) in [4.78, 5) is 25.9. The molecule has 4 atom stereocenters. The number of carbonyl (C=O) groups excluding carboxylic acids is 1. The zero-order valence-electron chi connectivity index (χ0n) is 11.1. The van der Waals surface area contributed by atoms with Gasteiger partial charge in [-0.3, -0.25) is 9.36 Å². The summed E-state index contributed by atoms with van der Waals surface area (Å²) in [5.41, 5.74) is 4.65. The van der Waals surface area contributed by atoms with Gasteiger partial charge in [0.15, 0.2) is 6.23 Å². The molecule has 0 aliphatic carbocycles. The number of anilines is 1. The van der Waals surface area contributed by atoms with Gasteiger partial charge in [-0.15, -0.1) is 12.4 Å². The largest absolute Gasteiger partial charge is 0.463 e. The Hall–Kier alpha value is -1.68. The maximum absolute atomic E-state index is 11.7. The minimum Gasteiger partial charge on any atom is -0.463 e. The van der Waals surface area contributed by atoms with Gasteiger partial charge in [-0.1, -0.05) is 0 Å². The first kappa shape index (κ1) is 17.4. The van der Waals surface area contributed by atoms with E-state index in [9.17, 15) is 19.8 Å². The third kappa shape index (κ3) is 3.70. The summed E-state index contributed by atoms with van der Waals surface area (Å²) in [5.74, 6) is -0.499. The fourth-order valence-electron chi connectivity index (χ4n) is 1.92. The van der Waals surface area contributed by atoms with Crippen LogP contribution < -0.4 is 11.4 Å². The summed E-state index contributed by atoms with van der Waals surface area (Å²) >= 11 is 0. The van der Waals surface area contributed by atoms with Crippen LogP contribution in [0.1, 0.15) is 13.2 Å². The van der Waals surface area contributed by atoms with Crippen LogP contribution in [0.15, 0.2) is 17.1 Å². The highest BCUT2D eigenvalue weighted by molar-refractivity contribution is 5.85. The Morgan fingerprint density at radius 2 is 2.19 bits per heavy atom. The molecule has 0 saturated carbocycles. The fraction of sp³-hybridized carbons (Fsp3) is 0.545. The Morgan fingerprint density at radius 1 is 1.52 bits per heavy atom. The second-order valence-electron chi connectivity index (χ2n) is 4.39. The summed E-state index contributed by atoms with van der Waals surface area (Å²) in [6.07, 6.45) is -3.38. The van der Waals surface area contributed by atoms with Gasteiger partial charge < -0.3 is 25.4 Å². The minimum absolute atomic E-state index is 0. The van der Waals surface area contributed by atoms with Gasteiger partial charge in [0.05, 0.1) is 0 Å². The molecule has 4 N–H and O–H groups in total. The molecular formula is C11H16ClN3O6. The molecule has 1 aliphatic rings. The molecule has 0 radical (unpaired) electrons. The Bertz CT molecular complexity index is 565. The van der Waals surface area contributed by atoms with E-state index in [1.54, 1.807) is 0 Å². The number of rotatable bonds is 3. The molecule has 0 unspecified atom stereocenters. The minimum atomic E-state index is -1.35. The molecular weight excluding hydrogens is 306 g/mol. The normalized spacial score (nSPS) is 28.0. The molecule has 2 heterocycles. The van der Waals surface area contributed by atoms with Crippen molar-refractivity contribution in [2.75, 3.05) is 12.3 Å². The van der Waals surface area contributed by atoms with E-state index in [-0.39, 0.29) is 24.8 Å². The number of hydrogen-bond acceptors (Lipinski definition) is 8. The van der Waals surface area contributed by atoms with Gasteiger partial charge in [0, 0.05) is 13.1 Å². The Labute approximate surface area is 125 Å². The monoisotopic (exact) mass is 321 g/mol. The van der Waals surface area contributed by atoms with Gasteiger partial charge in [-0.05, 0) is 6.07 Å².